The minimum absolute atomic E-state index is 0.0329. The van der Waals surface area contributed by atoms with E-state index in [0.717, 1.165) is 45.4 Å². The maximum Gasteiger partial charge on any atom is 0.319 e. The van der Waals surface area contributed by atoms with Crippen molar-refractivity contribution in [2.45, 2.75) is 56.2 Å². The summed E-state index contributed by atoms with van der Waals surface area (Å²) in [5.41, 5.74) is 5.79. The number of benzene rings is 3. The number of rotatable bonds is 10. The van der Waals surface area contributed by atoms with E-state index in [-0.39, 0.29) is 59.9 Å². The molecule has 2 N–H and O–H groups in total. The van der Waals surface area contributed by atoms with Gasteiger partial charge in [-0.15, -0.1) is 6.42 Å². The lowest BCUT2D eigenvalue weighted by molar-refractivity contribution is 0.0198. The Morgan fingerprint density at radius 1 is 1.04 bits per heavy atom. The summed E-state index contributed by atoms with van der Waals surface area (Å²) in [6, 6.07) is 6.49. The van der Waals surface area contributed by atoms with Crippen molar-refractivity contribution < 1.29 is 27.0 Å². The largest absolute Gasteiger partial charge is 0.463 e. The highest BCUT2D eigenvalue weighted by molar-refractivity contribution is 6.18. The number of anilines is 2. The summed E-state index contributed by atoms with van der Waals surface area (Å²) in [7, 11) is 6.97. The molecule has 3 aromatic carbocycles. The van der Waals surface area contributed by atoms with Gasteiger partial charge < -0.3 is 25.0 Å². The zero-order valence-corrected chi connectivity index (χ0v) is 31.4. The van der Waals surface area contributed by atoms with Crippen LogP contribution in [0.15, 0.2) is 30.5 Å². The first-order valence-corrected chi connectivity index (χ1v) is 18.8. The molecule has 0 spiro atoms. The summed E-state index contributed by atoms with van der Waals surface area (Å²) in [6.45, 7) is 2.15. The standard InChI is InChI=1S/C41H44F4N8O2/c1-6-28-31(42)10-7-23-13-24(46)14-29(32(23)28)33-35(43)37-34(30-17-51(4)49-36(30)33)38(48-39(47-37)55-21-40(20-50(2)3)19-41(40,44)45)53-25-8-9-26(53)16-52(15-25)27-11-22(12-27)18-54-5/h1,7,10,13-14,17,22,25-27H,8-9,11-12,15-16,18-21,46H2,2-5H3/t22?,25-,26+,27?,40-/m1/s1. The molecule has 0 radical (unpaired) electrons. The number of aromatic nitrogens is 4. The molecule has 2 aliphatic heterocycles. The van der Waals surface area contributed by atoms with Crippen LogP contribution in [0.1, 0.15) is 37.7 Å². The molecular weight excluding hydrogens is 712 g/mol. The van der Waals surface area contributed by atoms with Gasteiger partial charge in [-0.3, -0.25) is 9.58 Å². The van der Waals surface area contributed by atoms with Crippen molar-refractivity contribution in [2.75, 3.05) is 64.7 Å². The average Bonchev–Trinajstić information content (AvgIpc) is 3.30. The fourth-order valence-electron chi connectivity index (χ4n) is 9.73. The van der Waals surface area contributed by atoms with E-state index < -0.39 is 23.0 Å². The minimum atomic E-state index is -2.92. The maximum absolute atomic E-state index is 17.8. The minimum Gasteiger partial charge on any atom is -0.463 e. The van der Waals surface area contributed by atoms with Gasteiger partial charge in [0.1, 0.15) is 29.3 Å². The number of hydrogen-bond acceptors (Lipinski definition) is 9. The Kier molecular flexibility index (Phi) is 8.45. The fraction of sp³-hybridized carbons (Fsp3) is 0.488. The number of hydrogen-bond donors (Lipinski definition) is 1. The van der Waals surface area contributed by atoms with Crippen LogP contribution in [-0.2, 0) is 11.8 Å². The number of likely N-dealkylation sites (tertiary alicyclic amines) is 1. The number of methoxy groups -OCH3 is 1. The Morgan fingerprint density at radius 2 is 1.76 bits per heavy atom. The van der Waals surface area contributed by atoms with Crippen molar-refractivity contribution >= 4 is 44.1 Å². The van der Waals surface area contributed by atoms with Crippen LogP contribution in [0, 0.1) is 35.3 Å². The van der Waals surface area contributed by atoms with Gasteiger partial charge in [-0.25, -0.2) is 17.6 Å². The summed E-state index contributed by atoms with van der Waals surface area (Å²) < 4.78 is 76.0. The lowest BCUT2D eigenvalue weighted by Crippen LogP contribution is -2.59. The van der Waals surface area contributed by atoms with Crippen molar-refractivity contribution in [3.05, 3.63) is 47.7 Å². The molecule has 0 amide bonds. The lowest BCUT2D eigenvalue weighted by atomic mass is 9.79. The number of terminal acetylenes is 1. The van der Waals surface area contributed by atoms with Crippen molar-refractivity contribution in [3.63, 3.8) is 0 Å². The Balaban J connectivity index is 1.23. The normalized spacial score (nSPS) is 25.9. The summed E-state index contributed by atoms with van der Waals surface area (Å²) >= 11 is 0. The first-order chi connectivity index (χ1) is 26.3. The molecule has 2 saturated heterocycles. The van der Waals surface area contributed by atoms with Crippen LogP contribution < -0.4 is 15.4 Å². The van der Waals surface area contributed by atoms with Crippen molar-refractivity contribution in [1.29, 1.82) is 0 Å². The number of nitrogens with zero attached hydrogens (tertiary/aromatic N) is 7. The summed E-state index contributed by atoms with van der Waals surface area (Å²) in [5.74, 6) is -0.807. The fourth-order valence-corrected chi connectivity index (χ4v) is 9.73. The SMILES string of the molecule is C#Cc1c(F)ccc2cc(N)cc(-c3c(F)c4nc(OC[C@]5(CN(C)C)CC5(F)F)nc(N5[C@@H]6CC[C@H]5CN(C5CC(COC)C5)C6)c4c4cn(C)nc34)c12. The molecule has 2 bridgehead atoms. The van der Waals surface area contributed by atoms with Gasteiger partial charge in [0, 0.05) is 93.2 Å². The quantitative estimate of drug-likeness (QED) is 0.101. The Bertz CT molecular complexity index is 2390. The zero-order valence-electron chi connectivity index (χ0n) is 31.4. The highest BCUT2D eigenvalue weighted by Crippen LogP contribution is 2.61. The molecule has 10 nitrogen and oxygen atoms in total. The van der Waals surface area contributed by atoms with E-state index in [9.17, 15) is 8.78 Å². The predicted molar refractivity (Wildman–Crippen MR) is 204 cm³/mol. The lowest BCUT2D eigenvalue weighted by Gasteiger charge is -2.49. The van der Waals surface area contributed by atoms with Crippen LogP contribution in [0.5, 0.6) is 6.01 Å². The number of aryl methyl sites for hydroxylation is 1. The van der Waals surface area contributed by atoms with Crippen LogP contribution in [0.4, 0.5) is 29.1 Å². The van der Waals surface area contributed by atoms with Crippen molar-refractivity contribution in [3.8, 4) is 29.5 Å². The van der Waals surface area contributed by atoms with E-state index in [2.05, 4.69) is 20.7 Å². The highest BCUT2D eigenvalue weighted by atomic mass is 19.3. The molecule has 9 rings (SSSR count). The van der Waals surface area contributed by atoms with E-state index in [0.29, 0.717) is 50.5 Å². The smallest absolute Gasteiger partial charge is 0.319 e. The third-order valence-corrected chi connectivity index (χ3v) is 12.3. The van der Waals surface area contributed by atoms with E-state index in [1.807, 2.05) is 0 Å². The number of piperazine rings is 1. The third kappa shape index (κ3) is 5.76. The second kappa shape index (κ2) is 12.9. The Morgan fingerprint density at radius 3 is 2.42 bits per heavy atom. The number of halogens is 4. The van der Waals surface area contributed by atoms with Gasteiger partial charge in [0.2, 0.25) is 0 Å². The second-order valence-electron chi connectivity index (χ2n) is 16.4. The predicted octanol–water partition coefficient (Wildman–Crippen LogP) is 6.22. The molecular formula is C41H44F4N8O2. The number of nitrogens with two attached hydrogens (primary N) is 1. The molecule has 3 atom stereocenters. The van der Waals surface area contributed by atoms with Gasteiger partial charge in [0.25, 0.3) is 5.92 Å². The second-order valence-corrected chi connectivity index (χ2v) is 16.4. The van der Waals surface area contributed by atoms with Crippen LogP contribution in [0.3, 0.4) is 0 Å². The summed E-state index contributed by atoms with van der Waals surface area (Å²) in [5, 5.41) is 6.62. The van der Waals surface area contributed by atoms with Gasteiger partial charge in [-0.05, 0) is 74.8 Å². The first-order valence-electron chi connectivity index (χ1n) is 18.8. The zero-order chi connectivity index (χ0) is 38.6. The average molecular weight is 757 g/mol. The molecule has 4 fully saturated rings. The van der Waals surface area contributed by atoms with E-state index in [1.165, 1.54) is 6.07 Å². The van der Waals surface area contributed by atoms with Crippen molar-refractivity contribution in [1.82, 2.24) is 29.5 Å². The summed E-state index contributed by atoms with van der Waals surface area (Å²) in [4.78, 5) is 16.2. The van der Waals surface area contributed by atoms with Crippen molar-refractivity contribution in [2.24, 2.45) is 18.4 Å². The third-order valence-electron chi connectivity index (χ3n) is 12.3. The molecule has 0 unspecified atom stereocenters. The maximum atomic E-state index is 17.8. The van der Waals surface area contributed by atoms with Crippen LogP contribution in [0.25, 0.3) is 43.7 Å². The van der Waals surface area contributed by atoms with Crippen LogP contribution in [0.2, 0.25) is 0 Å². The van der Waals surface area contributed by atoms with Gasteiger partial charge in [0.05, 0.1) is 16.4 Å². The van der Waals surface area contributed by atoms with Crippen LogP contribution >= 0.6 is 0 Å². The molecule has 4 aliphatic rings. The number of alkyl halides is 2. The topological polar surface area (TPSA) is 97.8 Å². The van der Waals surface area contributed by atoms with E-state index >= 15 is 8.78 Å². The molecule has 288 valence electrons. The van der Waals surface area contributed by atoms with Crippen LogP contribution in [-0.4, -0.2) is 108 Å². The van der Waals surface area contributed by atoms with Gasteiger partial charge in [-0.2, -0.15) is 15.1 Å². The molecule has 5 aromatic rings. The molecule has 4 heterocycles. The Labute approximate surface area is 316 Å². The molecule has 2 saturated carbocycles. The summed E-state index contributed by atoms with van der Waals surface area (Å²) in [6.07, 6.45) is 11.3. The van der Waals surface area contributed by atoms with Gasteiger partial charge >= 0.3 is 6.01 Å². The number of nitrogen functional groups attached to an aromatic ring is 1. The number of ether oxygens (including phenoxy) is 2. The van der Waals surface area contributed by atoms with E-state index in [4.69, 9.17) is 31.7 Å². The number of fused-ring (bicyclic) bond motifs is 6. The monoisotopic (exact) mass is 756 g/mol. The molecule has 2 aromatic heterocycles. The van der Waals surface area contributed by atoms with Gasteiger partial charge in [-0.1, -0.05) is 12.0 Å². The molecule has 2 aliphatic carbocycles. The highest BCUT2D eigenvalue weighted by Gasteiger charge is 2.71. The molecule has 55 heavy (non-hydrogen) atoms. The molecule has 14 heteroatoms. The van der Waals surface area contributed by atoms with Gasteiger partial charge in [0.15, 0.2) is 5.82 Å². The first kappa shape index (κ1) is 36.0. The van der Waals surface area contributed by atoms with E-state index in [1.54, 1.807) is 62.2 Å². The Hall–Kier alpha value is -4.71.